The lowest BCUT2D eigenvalue weighted by atomic mass is 10.0. The van der Waals surface area contributed by atoms with E-state index in [4.69, 9.17) is 4.74 Å². The molecule has 0 saturated carbocycles. The second kappa shape index (κ2) is 6.76. The third kappa shape index (κ3) is 3.47. The lowest BCUT2D eigenvalue weighted by Crippen LogP contribution is -2.32. The molecule has 1 heterocycles. The van der Waals surface area contributed by atoms with Crippen molar-refractivity contribution in [2.45, 2.75) is 38.3 Å². The Morgan fingerprint density at radius 1 is 1.28 bits per heavy atom. The average Bonchev–Trinajstić information content (AvgIpc) is 2.67. The molecule has 0 bridgehead atoms. The minimum atomic E-state index is 0.337. The number of methoxy groups -OCH3 is 1. The highest BCUT2D eigenvalue weighted by Crippen LogP contribution is 2.25. The van der Waals surface area contributed by atoms with Gasteiger partial charge in [0.2, 0.25) is 0 Å². The largest absolute Gasteiger partial charge is 0.496 e. The van der Waals surface area contributed by atoms with Crippen molar-refractivity contribution in [1.29, 1.82) is 0 Å². The second-order valence-electron chi connectivity index (χ2n) is 5.01. The maximum atomic E-state index is 5.43. The van der Waals surface area contributed by atoms with E-state index in [1.807, 2.05) is 12.1 Å². The normalized spacial score (nSPS) is 22.2. The first-order valence-electron chi connectivity index (χ1n) is 6.91. The van der Waals surface area contributed by atoms with Crippen molar-refractivity contribution < 1.29 is 4.74 Å². The zero-order chi connectivity index (χ0) is 12.8. The summed E-state index contributed by atoms with van der Waals surface area (Å²) >= 11 is 0. The minimum absolute atomic E-state index is 0.337. The van der Waals surface area contributed by atoms with E-state index in [0.29, 0.717) is 12.1 Å². The van der Waals surface area contributed by atoms with Gasteiger partial charge in [-0.2, -0.15) is 0 Å². The first-order valence-corrected chi connectivity index (χ1v) is 6.91. The fraction of sp³-hybridized carbons (Fsp3) is 0.600. The number of hydrogen-bond acceptors (Lipinski definition) is 3. The SMILES string of the molecule is COc1ccccc1[C@@H](C)NC1CCCNCC1. The molecule has 1 fully saturated rings. The lowest BCUT2D eigenvalue weighted by Gasteiger charge is -2.23. The van der Waals surface area contributed by atoms with E-state index < -0.39 is 0 Å². The molecule has 2 atom stereocenters. The summed E-state index contributed by atoms with van der Waals surface area (Å²) in [7, 11) is 1.74. The first-order chi connectivity index (χ1) is 8.81. The van der Waals surface area contributed by atoms with Crippen molar-refractivity contribution in [2.75, 3.05) is 20.2 Å². The van der Waals surface area contributed by atoms with Gasteiger partial charge in [0.25, 0.3) is 0 Å². The van der Waals surface area contributed by atoms with Crippen LogP contribution in [0.15, 0.2) is 24.3 Å². The van der Waals surface area contributed by atoms with E-state index in [0.717, 1.165) is 18.8 Å². The molecule has 1 aliphatic rings. The summed E-state index contributed by atoms with van der Waals surface area (Å²) in [5, 5.41) is 7.18. The Bertz CT molecular complexity index is 359. The highest BCUT2D eigenvalue weighted by atomic mass is 16.5. The van der Waals surface area contributed by atoms with E-state index in [-0.39, 0.29) is 0 Å². The molecule has 0 amide bonds. The van der Waals surface area contributed by atoms with E-state index >= 15 is 0 Å². The van der Waals surface area contributed by atoms with Crippen LogP contribution < -0.4 is 15.4 Å². The molecule has 3 nitrogen and oxygen atoms in total. The van der Waals surface area contributed by atoms with Gasteiger partial charge in [-0.1, -0.05) is 18.2 Å². The molecule has 1 aliphatic heterocycles. The van der Waals surface area contributed by atoms with E-state index in [1.54, 1.807) is 7.11 Å². The monoisotopic (exact) mass is 248 g/mol. The summed E-state index contributed by atoms with van der Waals surface area (Å²) in [6.45, 7) is 4.49. The van der Waals surface area contributed by atoms with Crippen molar-refractivity contribution >= 4 is 0 Å². The maximum Gasteiger partial charge on any atom is 0.123 e. The number of rotatable bonds is 4. The van der Waals surface area contributed by atoms with Gasteiger partial charge in [-0.15, -0.1) is 0 Å². The molecule has 1 aromatic carbocycles. The maximum absolute atomic E-state index is 5.43. The summed E-state index contributed by atoms with van der Waals surface area (Å²) in [6.07, 6.45) is 3.72. The number of para-hydroxylation sites is 1. The average molecular weight is 248 g/mol. The van der Waals surface area contributed by atoms with Gasteiger partial charge in [0.1, 0.15) is 5.75 Å². The molecule has 0 aromatic heterocycles. The van der Waals surface area contributed by atoms with Crippen LogP contribution in [0.3, 0.4) is 0 Å². The molecule has 3 heteroatoms. The Kier molecular flexibility index (Phi) is 5.02. The fourth-order valence-electron chi connectivity index (χ4n) is 2.65. The fourth-order valence-corrected chi connectivity index (χ4v) is 2.65. The molecule has 0 radical (unpaired) electrons. The van der Waals surface area contributed by atoms with Gasteiger partial charge in [-0.3, -0.25) is 0 Å². The molecule has 1 saturated heterocycles. The Balaban J connectivity index is 1.99. The molecular weight excluding hydrogens is 224 g/mol. The number of nitrogens with one attached hydrogen (secondary N) is 2. The Hall–Kier alpha value is -1.06. The van der Waals surface area contributed by atoms with Gasteiger partial charge in [0.05, 0.1) is 7.11 Å². The van der Waals surface area contributed by atoms with Gasteiger partial charge >= 0.3 is 0 Å². The minimum Gasteiger partial charge on any atom is -0.496 e. The van der Waals surface area contributed by atoms with Crippen LogP contribution in [0.5, 0.6) is 5.75 Å². The van der Waals surface area contributed by atoms with Crippen molar-refractivity contribution in [1.82, 2.24) is 10.6 Å². The van der Waals surface area contributed by atoms with Gasteiger partial charge in [0, 0.05) is 17.6 Å². The van der Waals surface area contributed by atoms with E-state index in [1.165, 1.54) is 24.8 Å². The number of hydrogen-bond donors (Lipinski definition) is 2. The second-order valence-corrected chi connectivity index (χ2v) is 5.01. The van der Waals surface area contributed by atoms with Crippen molar-refractivity contribution in [3.8, 4) is 5.75 Å². The van der Waals surface area contributed by atoms with Gasteiger partial charge in [0.15, 0.2) is 0 Å². The van der Waals surface area contributed by atoms with Gasteiger partial charge < -0.3 is 15.4 Å². The molecule has 1 unspecified atom stereocenters. The van der Waals surface area contributed by atoms with Crippen LogP contribution >= 0.6 is 0 Å². The van der Waals surface area contributed by atoms with Crippen molar-refractivity contribution in [3.05, 3.63) is 29.8 Å². The third-order valence-electron chi connectivity index (χ3n) is 3.67. The van der Waals surface area contributed by atoms with Crippen LogP contribution in [0.2, 0.25) is 0 Å². The van der Waals surface area contributed by atoms with E-state index in [9.17, 15) is 0 Å². The summed E-state index contributed by atoms with van der Waals surface area (Å²) in [4.78, 5) is 0. The van der Waals surface area contributed by atoms with Crippen LogP contribution in [0.25, 0.3) is 0 Å². The molecule has 0 spiro atoms. The molecular formula is C15H24N2O. The summed E-state index contributed by atoms with van der Waals surface area (Å²) < 4.78 is 5.43. The van der Waals surface area contributed by atoms with Gasteiger partial charge in [-0.05, 0) is 45.3 Å². The zero-order valence-corrected chi connectivity index (χ0v) is 11.4. The number of benzene rings is 1. The molecule has 18 heavy (non-hydrogen) atoms. The molecule has 0 aliphatic carbocycles. The van der Waals surface area contributed by atoms with Crippen LogP contribution in [0.4, 0.5) is 0 Å². The zero-order valence-electron chi connectivity index (χ0n) is 11.4. The van der Waals surface area contributed by atoms with Crippen LogP contribution in [0.1, 0.15) is 37.8 Å². The predicted molar refractivity (Wildman–Crippen MR) is 75.1 cm³/mol. The summed E-state index contributed by atoms with van der Waals surface area (Å²) in [5.74, 6) is 0.976. The topological polar surface area (TPSA) is 33.3 Å². The van der Waals surface area contributed by atoms with Crippen molar-refractivity contribution in [2.24, 2.45) is 0 Å². The van der Waals surface area contributed by atoms with Crippen LogP contribution in [0, 0.1) is 0 Å². The smallest absolute Gasteiger partial charge is 0.123 e. The Morgan fingerprint density at radius 2 is 2.11 bits per heavy atom. The van der Waals surface area contributed by atoms with Crippen molar-refractivity contribution in [3.63, 3.8) is 0 Å². The predicted octanol–water partition coefficient (Wildman–Crippen LogP) is 2.49. The Morgan fingerprint density at radius 3 is 2.94 bits per heavy atom. The molecule has 100 valence electrons. The van der Waals surface area contributed by atoms with Gasteiger partial charge in [-0.25, -0.2) is 0 Å². The Labute approximate surface area is 110 Å². The van der Waals surface area contributed by atoms with Crippen LogP contribution in [-0.4, -0.2) is 26.2 Å². The number of ether oxygens (including phenoxy) is 1. The molecule has 1 aromatic rings. The van der Waals surface area contributed by atoms with E-state index in [2.05, 4.69) is 29.7 Å². The third-order valence-corrected chi connectivity index (χ3v) is 3.67. The standard InChI is InChI=1S/C15H24N2O/c1-12(14-7-3-4-8-15(14)18-2)17-13-6-5-10-16-11-9-13/h3-4,7-8,12-13,16-17H,5-6,9-11H2,1-2H3/t12-,13?/m1/s1. The summed E-state index contributed by atoms with van der Waals surface area (Å²) in [5.41, 5.74) is 1.25. The molecule has 2 N–H and O–H groups in total. The quantitative estimate of drug-likeness (QED) is 0.859. The molecule has 2 rings (SSSR count). The highest BCUT2D eigenvalue weighted by Gasteiger charge is 2.17. The first kappa shape index (κ1) is 13.4. The highest BCUT2D eigenvalue weighted by molar-refractivity contribution is 5.35. The van der Waals surface area contributed by atoms with Crippen LogP contribution in [-0.2, 0) is 0 Å². The lowest BCUT2D eigenvalue weighted by molar-refractivity contribution is 0.384. The summed E-state index contributed by atoms with van der Waals surface area (Å²) in [6, 6.07) is 9.22.